The summed E-state index contributed by atoms with van der Waals surface area (Å²) in [4.78, 5) is 23.0. The molecule has 0 atom stereocenters. The van der Waals surface area contributed by atoms with Crippen molar-refractivity contribution in [1.29, 1.82) is 0 Å². The third-order valence-electron chi connectivity index (χ3n) is 7.51. The minimum absolute atomic E-state index is 0.518. The van der Waals surface area contributed by atoms with Crippen molar-refractivity contribution in [2.45, 2.75) is 0 Å². The molecule has 7 nitrogen and oxygen atoms in total. The molecule has 5 heterocycles. The van der Waals surface area contributed by atoms with Crippen LogP contribution in [0.2, 0.25) is 0 Å². The minimum atomic E-state index is 0.518. The normalized spacial score (nSPS) is 11.3. The van der Waals surface area contributed by atoms with E-state index in [1.807, 2.05) is 71.2 Å². The molecule has 7 heteroatoms. The highest BCUT2D eigenvalue weighted by atomic mass is 15.2. The fraction of sp³-hybridized carbons (Fsp3) is 0. The van der Waals surface area contributed by atoms with Gasteiger partial charge in [-0.1, -0.05) is 72.8 Å². The number of benzene rings is 3. The summed E-state index contributed by atoms with van der Waals surface area (Å²) in [6.45, 7) is 0. The number of fused-ring (bicyclic) bond motifs is 3. The molecule has 0 aliphatic carbocycles. The molecule has 0 saturated carbocycles. The second-order valence-corrected chi connectivity index (χ2v) is 10.2. The Labute approximate surface area is 247 Å². The number of pyridine rings is 3. The molecule has 0 amide bonds. The van der Waals surface area contributed by atoms with Crippen molar-refractivity contribution in [3.8, 4) is 56.5 Å². The highest BCUT2D eigenvalue weighted by Gasteiger charge is 2.16. The van der Waals surface area contributed by atoms with E-state index < -0.39 is 0 Å². The summed E-state index contributed by atoms with van der Waals surface area (Å²) in [5.74, 6) is 1.69. The maximum Gasteiger partial charge on any atom is 0.184 e. The van der Waals surface area contributed by atoms with Gasteiger partial charge in [-0.15, -0.1) is 0 Å². The Morgan fingerprint density at radius 3 is 1.49 bits per heavy atom. The molecule has 8 aromatic rings. The lowest BCUT2D eigenvalue weighted by molar-refractivity contribution is 0.984. The van der Waals surface area contributed by atoms with E-state index in [4.69, 9.17) is 20.1 Å². The van der Waals surface area contributed by atoms with Gasteiger partial charge in [-0.2, -0.15) is 5.10 Å². The van der Waals surface area contributed by atoms with E-state index in [1.54, 1.807) is 24.8 Å². The molecule has 202 valence electrons. The van der Waals surface area contributed by atoms with Crippen molar-refractivity contribution >= 4 is 16.4 Å². The summed E-state index contributed by atoms with van der Waals surface area (Å²) < 4.78 is 1.95. The van der Waals surface area contributed by atoms with Crippen molar-refractivity contribution in [3.63, 3.8) is 0 Å². The van der Waals surface area contributed by atoms with Gasteiger partial charge in [0.25, 0.3) is 0 Å². The average Bonchev–Trinajstić information content (AvgIpc) is 3.54. The molecule has 43 heavy (non-hydrogen) atoms. The SMILES string of the molecule is c1ccc2c(c1)ccc1cc(-c3nc(-c4ccc(-c5ccncc5)cc4)nc(-c4ccc(-c5ccncc5)cc4)n3)nn12. The van der Waals surface area contributed by atoms with Crippen molar-refractivity contribution in [2.24, 2.45) is 0 Å². The van der Waals surface area contributed by atoms with Crippen LogP contribution in [-0.2, 0) is 0 Å². The smallest absolute Gasteiger partial charge is 0.184 e. The third kappa shape index (κ3) is 4.69. The molecule has 0 unspecified atom stereocenters. The zero-order valence-electron chi connectivity index (χ0n) is 22.9. The first-order chi connectivity index (χ1) is 21.3. The second kappa shape index (κ2) is 10.4. The Bertz CT molecular complexity index is 2110. The van der Waals surface area contributed by atoms with E-state index in [9.17, 15) is 0 Å². The first-order valence-corrected chi connectivity index (χ1v) is 13.9. The van der Waals surface area contributed by atoms with Gasteiger partial charge in [-0.3, -0.25) is 9.97 Å². The van der Waals surface area contributed by atoms with Crippen molar-refractivity contribution in [2.75, 3.05) is 0 Å². The fourth-order valence-corrected chi connectivity index (χ4v) is 5.27. The highest BCUT2D eigenvalue weighted by Crippen LogP contribution is 2.29. The molecule has 0 spiro atoms. The zero-order chi connectivity index (χ0) is 28.6. The van der Waals surface area contributed by atoms with E-state index in [-0.39, 0.29) is 0 Å². The summed E-state index contributed by atoms with van der Waals surface area (Å²) in [7, 11) is 0. The molecule has 0 aliphatic heterocycles. The first kappa shape index (κ1) is 24.7. The Kier molecular flexibility index (Phi) is 5.97. The number of aromatic nitrogens is 7. The fourth-order valence-electron chi connectivity index (χ4n) is 5.27. The average molecular weight is 554 g/mol. The molecular formula is C36H23N7. The maximum atomic E-state index is 4.94. The zero-order valence-corrected chi connectivity index (χ0v) is 22.9. The molecule has 8 rings (SSSR count). The summed E-state index contributed by atoms with van der Waals surface area (Å²) in [5.41, 5.74) is 8.87. The lowest BCUT2D eigenvalue weighted by atomic mass is 10.0. The molecule has 0 aliphatic rings. The lowest BCUT2D eigenvalue weighted by Crippen LogP contribution is -2.01. The minimum Gasteiger partial charge on any atom is -0.265 e. The van der Waals surface area contributed by atoms with Crippen LogP contribution in [0.4, 0.5) is 0 Å². The van der Waals surface area contributed by atoms with E-state index in [0.29, 0.717) is 23.2 Å². The van der Waals surface area contributed by atoms with Crippen molar-refractivity contribution in [3.05, 3.63) is 140 Å². The topological polar surface area (TPSA) is 81.8 Å². The molecule has 0 N–H and O–H groups in total. The van der Waals surface area contributed by atoms with Gasteiger partial charge >= 0.3 is 0 Å². The quantitative estimate of drug-likeness (QED) is 0.216. The van der Waals surface area contributed by atoms with Crippen molar-refractivity contribution in [1.82, 2.24) is 34.5 Å². The van der Waals surface area contributed by atoms with Crippen LogP contribution >= 0.6 is 0 Å². The van der Waals surface area contributed by atoms with Gasteiger partial charge in [0.2, 0.25) is 0 Å². The number of hydrogen-bond donors (Lipinski definition) is 0. The lowest BCUT2D eigenvalue weighted by Gasteiger charge is -2.09. The second-order valence-electron chi connectivity index (χ2n) is 10.2. The van der Waals surface area contributed by atoms with E-state index in [2.05, 4.69) is 58.5 Å². The van der Waals surface area contributed by atoms with E-state index in [0.717, 1.165) is 49.8 Å². The number of nitrogens with zero attached hydrogens (tertiary/aromatic N) is 7. The van der Waals surface area contributed by atoms with Gasteiger partial charge in [0.1, 0.15) is 5.69 Å². The number of rotatable bonds is 5. The molecular weight excluding hydrogens is 530 g/mol. The van der Waals surface area contributed by atoms with Crippen LogP contribution in [0.25, 0.3) is 73.0 Å². The van der Waals surface area contributed by atoms with Gasteiger partial charge in [0.05, 0.1) is 11.0 Å². The Morgan fingerprint density at radius 1 is 0.419 bits per heavy atom. The van der Waals surface area contributed by atoms with E-state index in [1.165, 1.54) is 0 Å². The summed E-state index contributed by atoms with van der Waals surface area (Å²) >= 11 is 0. The van der Waals surface area contributed by atoms with E-state index >= 15 is 0 Å². The first-order valence-electron chi connectivity index (χ1n) is 13.9. The van der Waals surface area contributed by atoms with Crippen LogP contribution in [-0.4, -0.2) is 34.5 Å². The molecule has 0 radical (unpaired) electrons. The third-order valence-corrected chi connectivity index (χ3v) is 7.51. The number of hydrogen-bond acceptors (Lipinski definition) is 6. The molecule has 5 aromatic heterocycles. The molecule has 0 bridgehead atoms. The highest BCUT2D eigenvalue weighted by molar-refractivity contribution is 5.83. The van der Waals surface area contributed by atoms with Crippen LogP contribution < -0.4 is 0 Å². The predicted molar refractivity (Wildman–Crippen MR) is 169 cm³/mol. The van der Waals surface area contributed by atoms with Crippen LogP contribution in [0.1, 0.15) is 0 Å². The van der Waals surface area contributed by atoms with Gasteiger partial charge in [-0.05, 0) is 64.7 Å². The standard InChI is InChI=1S/C36H23N7/c1-2-4-33-28(3-1)13-14-31-23-32(42-43(31)33)36-40-34(29-9-5-24(6-10-29)26-15-19-37-20-16-26)39-35(41-36)30-11-7-25(8-12-30)27-17-21-38-22-18-27/h1-23H. The van der Waals surface area contributed by atoms with Crippen LogP contribution in [0.5, 0.6) is 0 Å². The summed E-state index contributed by atoms with van der Waals surface area (Å²) in [5, 5.41) is 6.06. The molecule has 0 saturated heterocycles. The predicted octanol–water partition coefficient (Wildman–Crippen LogP) is 7.80. The summed E-state index contributed by atoms with van der Waals surface area (Å²) in [6, 6.07) is 38.9. The van der Waals surface area contributed by atoms with Gasteiger partial charge in [-0.25, -0.2) is 19.5 Å². The number of para-hydroxylation sites is 1. The maximum absolute atomic E-state index is 4.94. The largest absolute Gasteiger partial charge is 0.265 e. The Morgan fingerprint density at radius 2 is 0.907 bits per heavy atom. The van der Waals surface area contributed by atoms with Crippen LogP contribution in [0.15, 0.2) is 140 Å². The van der Waals surface area contributed by atoms with Gasteiger partial charge in [0, 0.05) is 41.3 Å². The Hall–Kier alpha value is -6.08. The molecule has 3 aromatic carbocycles. The van der Waals surface area contributed by atoms with Crippen LogP contribution in [0, 0.1) is 0 Å². The Balaban J connectivity index is 1.25. The van der Waals surface area contributed by atoms with Gasteiger partial charge < -0.3 is 0 Å². The molecule has 0 fully saturated rings. The van der Waals surface area contributed by atoms with Crippen molar-refractivity contribution < 1.29 is 0 Å². The van der Waals surface area contributed by atoms with Gasteiger partial charge in [0.15, 0.2) is 17.5 Å². The summed E-state index contributed by atoms with van der Waals surface area (Å²) in [6.07, 6.45) is 7.19. The van der Waals surface area contributed by atoms with Crippen LogP contribution in [0.3, 0.4) is 0 Å². The monoisotopic (exact) mass is 553 g/mol.